The summed E-state index contributed by atoms with van der Waals surface area (Å²) >= 11 is 6.26. The highest BCUT2D eigenvalue weighted by Gasteiger charge is 2.33. The lowest BCUT2D eigenvalue weighted by Gasteiger charge is -2.33. The van der Waals surface area contributed by atoms with Crippen molar-refractivity contribution in [1.29, 1.82) is 0 Å². The Kier molecular flexibility index (Phi) is 4.02. The van der Waals surface area contributed by atoms with Gasteiger partial charge in [0.05, 0.1) is 28.9 Å². The fraction of sp³-hybridized carbons (Fsp3) is 0.500. The van der Waals surface area contributed by atoms with E-state index in [1.165, 1.54) is 0 Å². The van der Waals surface area contributed by atoms with Gasteiger partial charge in [-0.15, -0.1) is 0 Å². The number of para-hydroxylation sites is 1. The smallest absolute Gasteiger partial charge is 0.196 e. The number of hydrogen-bond donors (Lipinski definition) is 1. The number of rotatable bonds is 4. The van der Waals surface area contributed by atoms with E-state index in [4.69, 9.17) is 22.1 Å². The second kappa shape index (κ2) is 5.39. The Labute approximate surface area is 119 Å². The maximum atomic E-state index is 6.26. The fourth-order valence-electron chi connectivity index (χ4n) is 2.32. The van der Waals surface area contributed by atoms with Gasteiger partial charge < -0.3 is 15.4 Å². The van der Waals surface area contributed by atoms with Gasteiger partial charge >= 0.3 is 0 Å². The van der Waals surface area contributed by atoms with Crippen LogP contribution in [0.5, 0.6) is 0 Å². The summed E-state index contributed by atoms with van der Waals surface area (Å²) in [4.78, 5) is 6.34. The van der Waals surface area contributed by atoms with E-state index in [2.05, 4.69) is 18.8 Å². The van der Waals surface area contributed by atoms with Crippen molar-refractivity contribution >= 4 is 23.2 Å². The number of guanidine groups is 1. The molecular formula is C14H20ClN3O. The molecule has 104 valence electrons. The Morgan fingerprint density at radius 2 is 2.16 bits per heavy atom. The fourth-order valence-corrected chi connectivity index (χ4v) is 2.54. The quantitative estimate of drug-likeness (QED) is 0.923. The zero-order valence-electron chi connectivity index (χ0n) is 11.6. The molecule has 0 amide bonds. The number of benzene rings is 1. The number of nitrogens with zero attached hydrogens (tertiary/aromatic N) is 2. The van der Waals surface area contributed by atoms with Crippen molar-refractivity contribution in [1.82, 2.24) is 0 Å². The predicted molar refractivity (Wildman–Crippen MR) is 79.9 cm³/mol. The van der Waals surface area contributed by atoms with Crippen LogP contribution in [0.25, 0.3) is 0 Å². The van der Waals surface area contributed by atoms with E-state index >= 15 is 0 Å². The number of hydrogen-bond acceptors (Lipinski definition) is 4. The summed E-state index contributed by atoms with van der Waals surface area (Å²) < 4.78 is 5.50. The van der Waals surface area contributed by atoms with Crippen LogP contribution in [-0.4, -0.2) is 31.3 Å². The number of halogens is 1. The van der Waals surface area contributed by atoms with E-state index in [0.29, 0.717) is 17.5 Å². The molecule has 0 radical (unpaired) electrons. The van der Waals surface area contributed by atoms with Gasteiger partial charge in [-0.1, -0.05) is 23.7 Å². The average Bonchev–Trinajstić information content (AvgIpc) is 2.71. The molecule has 0 saturated carbocycles. The van der Waals surface area contributed by atoms with Crippen LogP contribution >= 0.6 is 11.6 Å². The highest BCUT2D eigenvalue weighted by molar-refractivity contribution is 6.33. The molecule has 0 fully saturated rings. The molecule has 19 heavy (non-hydrogen) atoms. The molecule has 1 atom stereocenters. The third-order valence-corrected chi connectivity index (χ3v) is 3.79. The molecule has 1 aliphatic heterocycles. The summed E-state index contributed by atoms with van der Waals surface area (Å²) in [7, 11) is 1.72. The Morgan fingerprint density at radius 1 is 1.47 bits per heavy atom. The lowest BCUT2D eigenvalue weighted by Crippen LogP contribution is -2.44. The molecule has 1 aromatic carbocycles. The molecule has 0 aliphatic carbocycles. The van der Waals surface area contributed by atoms with Gasteiger partial charge in [0, 0.05) is 7.11 Å². The van der Waals surface area contributed by atoms with E-state index in [9.17, 15) is 0 Å². The summed E-state index contributed by atoms with van der Waals surface area (Å²) in [5.41, 5.74) is 6.69. The Hall–Kier alpha value is -1.26. The first-order valence-corrected chi connectivity index (χ1v) is 6.71. The molecule has 4 nitrogen and oxygen atoms in total. The second-order valence-corrected chi connectivity index (χ2v) is 5.75. The number of anilines is 1. The Bertz CT molecular complexity index is 487. The van der Waals surface area contributed by atoms with Crippen molar-refractivity contribution in [3.8, 4) is 0 Å². The van der Waals surface area contributed by atoms with Crippen LogP contribution in [0.15, 0.2) is 29.3 Å². The summed E-state index contributed by atoms with van der Waals surface area (Å²) in [6, 6.07) is 7.85. The maximum Gasteiger partial charge on any atom is 0.196 e. The SMILES string of the molecule is COC(C)(C)CC1CN=C(N)N1c1ccccc1Cl. The molecule has 5 heteroatoms. The van der Waals surface area contributed by atoms with E-state index in [0.717, 1.165) is 12.1 Å². The number of methoxy groups -OCH3 is 1. The van der Waals surface area contributed by atoms with Gasteiger partial charge in [-0.3, -0.25) is 4.99 Å². The topological polar surface area (TPSA) is 50.9 Å². The van der Waals surface area contributed by atoms with Crippen molar-refractivity contribution in [2.75, 3.05) is 18.6 Å². The van der Waals surface area contributed by atoms with Crippen LogP contribution < -0.4 is 10.6 Å². The Balaban J connectivity index is 2.26. The van der Waals surface area contributed by atoms with Gasteiger partial charge in [-0.05, 0) is 32.4 Å². The van der Waals surface area contributed by atoms with Crippen LogP contribution in [0.3, 0.4) is 0 Å². The van der Waals surface area contributed by atoms with Crippen molar-refractivity contribution < 1.29 is 4.74 Å². The van der Waals surface area contributed by atoms with Gasteiger partial charge in [0.15, 0.2) is 5.96 Å². The molecule has 1 unspecified atom stereocenters. The summed E-state index contributed by atoms with van der Waals surface area (Å²) in [6.07, 6.45) is 0.832. The lowest BCUT2D eigenvalue weighted by atomic mass is 9.98. The van der Waals surface area contributed by atoms with Crippen LogP contribution in [-0.2, 0) is 4.74 Å². The van der Waals surface area contributed by atoms with Crippen molar-refractivity contribution in [2.45, 2.75) is 31.9 Å². The first-order chi connectivity index (χ1) is 8.94. The molecule has 0 bridgehead atoms. The average molecular weight is 282 g/mol. The summed E-state index contributed by atoms with van der Waals surface area (Å²) in [5, 5.41) is 0.683. The van der Waals surface area contributed by atoms with Crippen LogP contribution in [0.2, 0.25) is 5.02 Å². The minimum atomic E-state index is -0.218. The molecular weight excluding hydrogens is 262 g/mol. The third kappa shape index (κ3) is 3.01. The highest BCUT2D eigenvalue weighted by Crippen LogP contribution is 2.32. The summed E-state index contributed by atoms with van der Waals surface area (Å²) in [5.74, 6) is 0.519. The molecule has 0 aromatic heterocycles. The van der Waals surface area contributed by atoms with Gasteiger partial charge in [0.25, 0.3) is 0 Å². The molecule has 1 heterocycles. The van der Waals surface area contributed by atoms with Crippen molar-refractivity contribution in [3.63, 3.8) is 0 Å². The maximum absolute atomic E-state index is 6.26. The number of aliphatic imine (C=N–C) groups is 1. The van der Waals surface area contributed by atoms with Crippen molar-refractivity contribution in [3.05, 3.63) is 29.3 Å². The van der Waals surface area contributed by atoms with E-state index in [1.807, 2.05) is 29.2 Å². The van der Waals surface area contributed by atoms with Crippen LogP contribution in [0, 0.1) is 0 Å². The second-order valence-electron chi connectivity index (χ2n) is 5.34. The molecule has 0 saturated heterocycles. The standard InChI is InChI=1S/C14H20ClN3O/c1-14(2,19-3)8-10-9-17-13(16)18(10)12-7-5-4-6-11(12)15/h4-7,10H,8-9H2,1-3H3,(H2,16,17). The van der Waals surface area contributed by atoms with E-state index in [1.54, 1.807) is 7.11 Å². The normalized spacial score (nSPS) is 19.7. The van der Waals surface area contributed by atoms with Gasteiger partial charge in [-0.2, -0.15) is 0 Å². The van der Waals surface area contributed by atoms with E-state index in [-0.39, 0.29) is 11.6 Å². The first-order valence-electron chi connectivity index (χ1n) is 6.33. The molecule has 1 aromatic rings. The van der Waals surface area contributed by atoms with Crippen LogP contribution in [0.1, 0.15) is 20.3 Å². The van der Waals surface area contributed by atoms with E-state index < -0.39 is 0 Å². The zero-order chi connectivity index (χ0) is 14.0. The molecule has 0 spiro atoms. The third-order valence-electron chi connectivity index (χ3n) is 3.47. The van der Waals surface area contributed by atoms with Gasteiger partial charge in [0.2, 0.25) is 0 Å². The molecule has 2 N–H and O–H groups in total. The molecule has 1 aliphatic rings. The minimum Gasteiger partial charge on any atom is -0.379 e. The van der Waals surface area contributed by atoms with Crippen LogP contribution in [0.4, 0.5) is 5.69 Å². The lowest BCUT2D eigenvalue weighted by molar-refractivity contribution is 0.0114. The van der Waals surface area contributed by atoms with Gasteiger partial charge in [-0.25, -0.2) is 0 Å². The number of nitrogens with two attached hydrogens (primary N) is 1. The highest BCUT2D eigenvalue weighted by atomic mass is 35.5. The number of ether oxygens (including phenoxy) is 1. The van der Waals surface area contributed by atoms with Crippen molar-refractivity contribution in [2.24, 2.45) is 10.7 Å². The monoisotopic (exact) mass is 281 g/mol. The molecule has 2 rings (SSSR count). The Morgan fingerprint density at radius 3 is 2.79 bits per heavy atom. The largest absolute Gasteiger partial charge is 0.379 e. The zero-order valence-corrected chi connectivity index (χ0v) is 12.3. The first kappa shape index (κ1) is 14.2. The predicted octanol–water partition coefficient (Wildman–Crippen LogP) is 2.66. The van der Waals surface area contributed by atoms with Gasteiger partial charge in [0.1, 0.15) is 0 Å². The minimum absolute atomic E-state index is 0.176. The summed E-state index contributed by atoms with van der Waals surface area (Å²) in [6.45, 7) is 4.79.